The van der Waals surface area contributed by atoms with Crippen molar-refractivity contribution in [1.29, 1.82) is 0 Å². The van der Waals surface area contributed by atoms with E-state index < -0.39 is 0 Å². The van der Waals surface area contributed by atoms with E-state index in [4.69, 9.17) is 9.52 Å². The molecule has 0 unspecified atom stereocenters. The van der Waals surface area contributed by atoms with Crippen LogP contribution in [0.2, 0.25) is 0 Å². The molecule has 0 atom stereocenters. The topological polar surface area (TPSA) is 39.9 Å². The fraction of sp³-hybridized carbons (Fsp3) is 0.429. The van der Waals surface area contributed by atoms with Crippen LogP contribution in [-0.4, -0.2) is 49.3 Å². The summed E-state index contributed by atoms with van der Waals surface area (Å²) in [5, 5.41) is 10.1. The number of aliphatic hydroxyl groups excluding tert-OH is 1. The number of anilines is 1. The molecule has 0 spiro atoms. The van der Waals surface area contributed by atoms with Gasteiger partial charge in [0.15, 0.2) is 0 Å². The highest BCUT2D eigenvalue weighted by Crippen LogP contribution is 2.31. The van der Waals surface area contributed by atoms with Gasteiger partial charge in [-0.25, -0.2) is 0 Å². The molecule has 19 heavy (non-hydrogen) atoms. The summed E-state index contributed by atoms with van der Waals surface area (Å²) in [5.74, 6) is 0. The zero-order valence-corrected chi connectivity index (χ0v) is 12.3. The smallest absolute Gasteiger partial charge is 0.137 e. The number of rotatable bonds is 3. The Morgan fingerprint density at radius 3 is 2.74 bits per heavy atom. The molecule has 102 valence electrons. The van der Waals surface area contributed by atoms with E-state index >= 15 is 0 Å². The number of halogens is 1. The van der Waals surface area contributed by atoms with E-state index in [1.165, 1.54) is 11.1 Å². The molecule has 4 nitrogen and oxygen atoms in total. The molecule has 5 heteroatoms. The lowest BCUT2D eigenvalue weighted by atomic mass is 10.2. The average molecular weight is 325 g/mol. The molecule has 0 amide bonds. The van der Waals surface area contributed by atoms with Gasteiger partial charge in [0.05, 0.1) is 12.3 Å². The Balaban J connectivity index is 1.78. The van der Waals surface area contributed by atoms with Crippen LogP contribution in [0.3, 0.4) is 0 Å². The van der Waals surface area contributed by atoms with Crippen LogP contribution in [0, 0.1) is 0 Å². The average Bonchev–Trinajstić information content (AvgIpc) is 2.83. The summed E-state index contributed by atoms with van der Waals surface area (Å²) in [6, 6.07) is 6.14. The second kappa shape index (κ2) is 5.53. The highest BCUT2D eigenvalue weighted by molar-refractivity contribution is 9.10. The first-order valence-corrected chi connectivity index (χ1v) is 7.32. The third kappa shape index (κ3) is 2.63. The van der Waals surface area contributed by atoms with Gasteiger partial charge in [-0.2, -0.15) is 0 Å². The van der Waals surface area contributed by atoms with E-state index in [2.05, 4.69) is 31.8 Å². The number of fused-ring (bicyclic) bond motifs is 1. The normalized spacial score (nSPS) is 17.3. The molecule has 1 aromatic heterocycles. The largest absolute Gasteiger partial charge is 0.462 e. The molecule has 1 aromatic carbocycles. The zero-order chi connectivity index (χ0) is 13.2. The van der Waals surface area contributed by atoms with Crippen molar-refractivity contribution < 1.29 is 9.52 Å². The SMILES string of the molecule is OCCN1CCN(c2coc3cc(Br)ccc23)CC1. The Hall–Kier alpha value is -1.04. The van der Waals surface area contributed by atoms with Crippen molar-refractivity contribution in [2.24, 2.45) is 0 Å². The Morgan fingerprint density at radius 1 is 1.21 bits per heavy atom. The molecule has 1 saturated heterocycles. The van der Waals surface area contributed by atoms with Gasteiger partial charge in [-0.05, 0) is 18.2 Å². The first-order chi connectivity index (χ1) is 9.28. The third-order valence-electron chi connectivity index (χ3n) is 3.65. The number of benzene rings is 1. The minimum Gasteiger partial charge on any atom is -0.462 e. The van der Waals surface area contributed by atoms with Gasteiger partial charge in [-0.3, -0.25) is 4.90 Å². The standard InChI is InChI=1S/C14H17BrN2O2/c15-11-1-2-12-13(10-19-14(12)9-11)17-5-3-16(4-6-17)7-8-18/h1-2,9-10,18H,3-8H2. The molecular weight excluding hydrogens is 308 g/mol. The molecule has 2 aromatic rings. The van der Waals surface area contributed by atoms with Crippen molar-refractivity contribution in [1.82, 2.24) is 4.90 Å². The molecular formula is C14H17BrN2O2. The Morgan fingerprint density at radius 2 is 2.00 bits per heavy atom. The summed E-state index contributed by atoms with van der Waals surface area (Å²) in [5.41, 5.74) is 2.09. The van der Waals surface area contributed by atoms with Crippen molar-refractivity contribution in [3.63, 3.8) is 0 Å². The number of nitrogens with zero attached hydrogens (tertiary/aromatic N) is 2. The lowest BCUT2D eigenvalue weighted by Crippen LogP contribution is -2.47. The van der Waals surface area contributed by atoms with Crippen LogP contribution in [0.1, 0.15) is 0 Å². The maximum absolute atomic E-state index is 8.96. The number of hydrogen-bond acceptors (Lipinski definition) is 4. The van der Waals surface area contributed by atoms with Gasteiger partial charge in [0, 0.05) is 42.6 Å². The lowest BCUT2D eigenvalue weighted by Gasteiger charge is -2.35. The number of hydrogen-bond donors (Lipinski definition) is 1. The molecule has 3 rings (SSSR count). The maximum atomic E-state index is 8.96. The summed E-state index contributed by atoms with van der Waals surface area (Å²) >= 11 is 3.46. The van der Waals surface area contributed by atoms with Gasteiger partial charge in [-0.1, -0.05) is 15.9 Å². The van der Waals surface area contributed by atoms with Crippen LogP contribution in [0.15, 0.2) is 33.4 Å². The second-order valence-electron chi connectivity index (χ2n) is 4.81. The van der Waals surface area contributed by atoms with Crippen LogP contribution in [0.5, 0.6) is 0 Å². The summed E-state index contributed by atoms with van der Waals surface area (Å²) < 4.78 is 6.67. The maximum Gasteiger partial charge on any atom is 0.137 e. The van der Waals surface area contributed by atoms with E-state index in [1.807, 2.05) is 18.4 Å². The van der Waals surface area contributed by atoms with E-state index in [0.717, 1.165) is 42.8 Å². The highest BCUT2D eigenvalue weighted by Gasteiger charge is 2.19. The molecule has 0 bridgehead atoms. The van der Waals surface area contributed by atoms with Gasteiger partial charge in [-0.15, -0.1) is 0 Å². The van der Waals surface area contributed by atoms with Crippen molar-refractivity contribution in [2.75, 3.05) is 44.2 Å². The zero-order valence-electron chi connectivity index (χ0n) is 10.7. The summed E-state index contributed by atoms with van der Waals surface area (Å²) in [6.07, 6.45) is 1.85. The predicted octanol–water partition coefficient (Wildman–Crippen LogP) is 2.31. The number of β-amino-alcohol motifs (C(OH)–C–C–N with tert-alkyl or cyclic N) is 1. The van der Waals surface area contributed by atoms with Gasteiger partial charge < -0.3 is 14.4 Å². The Labute approximate surface area is 120 Å². The summed E-state index contributed by atoms with van der Waals surface area (Å²) in [6.45, 7) is 4.94. The predicted molar refractivity (Wildman–Crippen MR) is 79.7 cm³/mol. The molecule has 1 aliphatic heterocycles. The first-order valence-electron chi connectivity index (χ1n) is 6.53. The van der Waals surface area contributed by atoms with Gasteiger partial charge >= 0.3 is 0 Å². The second-order valence-corrected chi connectivity index (χ2v) is 5.73. The lowest BCUT2D eigenvalue weighted by molar-refractivity contribution is 0.189. The molecule has 2 heterocycles. The molecule has 0 radical (unpaired) electrons. The first kappa shape index (κ1) is 13.0. The molecule has 0 saturated carbocycles. The van der Waals surface area contributed by atoms with E-state index in [-0.39, 0.29) is 6.61 Å². The van der Waals surface area contributed by atoms with Crippen molar-refractivity contribution in [2.45, 2.75) is 0 Å². The minimum absolute atomic E-state index is 0.239. The minimum atomic E-state index is 0.239. The van der Waals surface area contributed by atoms with Crippen molar-refractivity contribution in [3.05, 3.63) is 28.9 Å². The number of piperazine rings is 1. The molecule has 1 N–H and O–H groups in total. The fourth-order valence-corrected chi connectivity index (χ4v) is 2.93. The third-order valence-corrected chi connectivity index (χ3v) is 4.14. The van der Waals surface area contributed by atoms with E-state index in [9.17, 15) is 0 Å². The van der Waals surface area contributed by atoms with Crippen molar-refractivity contribution in [3.8, 4) is 0 Å². The van der Waals surface area contributed by atoms with E-state index in [0.29, 0.717) is 0 Å². The van der Waals surface area contributed by atoms with Gasteiger partial charge in [0.1, 0.15) is 11.8 Å². The quantitative estimate of drug-likeness (QED) is 0.940. The van der Waals surface area contributed by atoms with Gasteiger partial charge in [0.2, 0.25) is 0 Å². The van der Waals surface area contributed by atoms with Crippen LogP contribution in [-0.2, 0) is 0 Å². The Bertz CT molecular complexity index is 562. The summed E-state index contributed by atoms with van der Waals surface area (Å²) in [7, 11) is 0. The highest BCUT2D eigenvalue weighted by atomic mass is 79.9. The number of aliphatic hydroxyl groups is 1. The monoisotopic (exact) mass is 324 g/mol. The van der Waals surface area contributed by atoms with Crippen LogP contribution in [0.4, 0.5) is 5.69 Å². The summed E-state index contributed by atoms with van der Waals surface area (Å²) in [4.78, 5) is 4.64. The molecule has 1 aliphatic rings. The Kier molecular flexibility index (Phi) is 3.77. The van der Waals surface area contributed by atoms with Crippen molar-refractivity contribution >= 4 is 32.6 Å². The fourth-order valence-electron chi connectivity index (χ4n) is 2.59. The van der Waals surface area contributed by atoms with Crippen LogP contribution >= 0.6 is 15.9 Å². The van der Waals surface area contributed by atoms with E-state index in [1.54, 1.807) is 0 Å². The van der Waals surface area contributed by atoms with Gasteiger partial charge in [0.25, 0.3) is 0 Å². The molecule has 1 fully saturated rings. The molecule has 0 aliphatic carbocycles. The van der Waals surface area contributed by atoms with Crippen LogP contribution in [0.25, 0.3) is 11.0 Å². The number of furan rings is 1. The van der Waals surface area contributed by atoms with Crippen LogP contribution < -0.4 is 4.90 Å².